The van der Waals surface area contributed by atoms with Crippen molar-refractivity contribution in [3.63, 3.8) is 0 Å². The first kappa shape index (κ1) is 15.3. The van der Waals surface area contributed by atoms with Crippen LogP contribution in [0.15, 0.2) is 45.9 Å². The Labute approximate surface area is 127 Å². The highest BCUT2D eigenvalue weighted by Crippen LogP contribution is 2.26. The van der Waals surface area contributed by atoms with Gasteiger partial charge in [0.2, 0.25) is 0 Å². The van der Waals surface area contributed by atoms with E-state index in [1.807, 2.05) is 13.8 Å². The number of nitrogens with two attached hydrogens (primary N) is 1. The average Bonchev–Trinajstić information content (AvgIpc) is 2.81. The molecule has 108 valence electrons. The summed E-state index contributed by atoms with van der Waals surface area (Å²) in [5, 5.41) is 0. The van der Waals surface area contributed by atoms with E-state index in [1.165, 1.54) is 3.97 Å². The van der Waals surface area contributed by atoms with Gasteiger partial charge in [0.25, 0.3) is 10.0 Å². The fraction of sp³-hybridized carbons (Fsp3) is 0.286. The van der Waals surface area contributed by atoms with Gasteiger partial charge in [-0.05, 0) is 47.5 Å². The van der Waals surface area contributed by atoms with Crippen LogP contribution in [0.5, 0.6) is 0 Å². The maximum absolute atomic E-state index is 12.7. The van der Waals surface area contributed by atoms with Crippen molar-refractivity contribution in [3.05, 3.63) is 52.3 Å². The van der Waals surface area contributed by atoms with Crippen molar-refractivity contribution < 1.29 is 8.42 Å². The van der Waals surface area contributed by atoms with Gasteiger partial charge in [-0.25, -0.2) is 12.4 Å². The summed E-state index contributed by atoms with van der Waals surface area (Å²) in [5.74, 6) is 0. The van der Waals surface area contributed by atoms with E-state index in [0.29, 0.717) is 16.6 Å². The summed E-state index contributed by atoms with van der Waals surface area (Å²) in [6, 6.07) is 8.22. The zero-order valence-electron chi connectivity index (χ0n) is 11.4. The molecule has 1 aromatic carbocycles. The van der Waals surface area contributed by atoms with Crippen LogP contribution in [0.4, 0.5) is 0 Å². The predicted molar refractivity (Wildman–Crippen MR) is 83.1 cm³/mol. The highest BCUT2D eigenvalue weighted by atomic mass is 79.9. The van der Waals surface area contributed by atoms with E-state index in [4.69, 9.17) is 5.73 Å². The molecule has 2 rings (SSSR count). The largest absolute Gasteiger partial charge is 0.323 e. The van der Waals surface area contributed by atoms with Crippen LogP contribution in [-0.2, 0) is 10.0 Å². The topological polar surface area (TPSA) is 65.1 Å². The molecule has 0 fully saturated rings. The number of hydrogen-bond acceptors (Lipinski definition) is 3. The van der Waals surface area contributed by atoms with Gasteiger partial charge < -0.3 is 5.73 Å². The third kappa shape index (κ3) is 2.82. The maximum Gasteiger partial charge on any atom is 0.267 e. The Hall–Kier alpha value is -1.11. The monoisotopic (exact) mass is 356 g/mol. The van der Waals surface area contributed by atoms with Gasteiger partial charge in [-0.3, -0.25) is 0 Å². The number of aromatic nitrogens is 1. The van der Waals surface area contributed by atoms with Gasteiger partial charge in [-0.2, -0.15) is 0 Å². The number of aryl methyl sites for hydroxylation is 1. The lowest BCUT2D eigenvalue weighted by atomic mass is 10.2. The third-order valence-electron chi connectivity index (χ3n) is 3.18. The van der Waals surface area contributed by atoms with E-state index in [9.17, 15) is 8.42 Å². The summed E-state index contributed by atoms with van der Waals surface area (Å²) in [5.41, 5.74) is 7.60. The maximum atomic E-state index is 12.7. The van der Waals surface area contributed by atoms with Crippen LogP contribution >= 0.6 is 15.9 Å². The molecule has 1 aromatic heterocycles. The molecule has 0 aliphatic carbocycles. The second-order valence-corrected chi connectivity index (χ2v) is 7.44. The standard InChI is InChI=1S/C14H17BrN2O2S/c1-3-13(16)14-8-11(15)9-17(14)20(18,19)12-6-4-10(2)5-7-12/h4-9,13H,3,16H2,1-2H3. The van der Waals surface area contributed by atoms with Gasteiger partial charge in [0.15, 0.2) is 0 Å². The molecular formula is C14H17BrN2O2S. The minimum Gasteiger partial charge on any atom is -0.323 e. The van der Waals surface area contributed by atoms with Crippen LogP contribution in [0.1, 0.15) is 30.6 Å². The lowest BCUT2D eigenvalue weighted by Crippen LogP contribution is -2.20. The van der Waals surface area contributed by atoms with Crippen LogP contribution < -0.4 is 5.73 Å². The van der Waals surface area contributed by atoms with Crippen molar-refractivity contribution in [2.24, 2.45) is 5.73 Å². The Morgan fingerprint density at radius 2 is 1.90 bits per heavy atom. The molecule has 20 heavy (non-hydrogen) atoms. The first-order valence-corrected chi connectivity index (χ1v) is 8.55. The van der Waals surface area contributed by atoms with Crippen LogP contribution in [0.3, 0.4) is 0 Å². The summed E-state index contributed by atoms with van der Waals surface area (Å²) in [4.78, 5) is 0.260. The highest BCUT2D eigenvalue weighted by molar-refractivity contribution is 9.10. The molecule has 0 aliphatic heterocycles. The van der Waals surface area contributed by atoms with E-state index in [2.05, 4.69) is 15.9 Å². The smallest absolute Gasteiger partial charge is 0.267 e. The third-order valence-corrected chi connectivity index (χ3v) is 5.31. The van der Waals surface area contributed by atoms with E-state index in [1.54, 1.807) is 36.5 Å². The van der Waals surface area contributed by atoms with Crippen molar-refractivity contribution in [2.45, 2.75) is 31.2 Å². The fourth-order valence-corrected chi connectivity index (χ4v) is 3.94. The second-order valence-electron chi connectivity index (χ2n) is 4.71. The number of benzene rings is 1. The summed E-state index contributed by atoms with van der Waals surface area (Å²) in [6.07, 6.45) is 2.21. The predicted octanol–water partition coefficient (Wildman–Crippen LogP) is 3.21. The van der Waals surface area contributed by atoms with Gasteiger partial charge in [0, 0.05) is 16.7 Å². The molecule has 0 spiro atoms. The van der Waals surface area contributed by atoms with Crippen LogP contribution in [0.2, 0.25) is 0 Å². The van der Waals surface area contributed by atoms with Gasteiger partial charge in [-0.15, -0.1) is 0 Å². The van der Waals surface area contributed by atoms with Gasteiger partial charge in [0.1, 0.15) is 0 Å². The first-order chi connectivity index (χ1) is 9.36. The van der Waals surface area contributed by atoms with Gasteiger partial charge in [-0.1, -0.05) is 24.6 Å². The van der Waals surface area contributed by atoms with E-state index in [-0.39, 0.29) is 10.9 Å². The summed E-state index contributed by atoms with van der Waals surface area (Å²) in [6.45, 7) is 3.84. The Morgan fingerprint density at radius 1 is 1.30 bits per heavy atom. The van der Waals surface area contributed by atoms with Crippen LogP contribution in [0.25, 0.3) is 0 Å². The highest BCUT2D eigenvalue weighted by Gasteiger charge is 2.22. The van der Waals surface area contributed by atoms with Crippen molar-refractivity contribution in [1.29, 1.82) is 0 Å². The van der Waals surface area contributed by atoms with Crippen molar-refractivity contribution in [1.82, 2.24) is 3.97 Å². The molecule has 0 bridgehead atoms. The van der Waals surface area contributed by atoms with Crippen molar-refractivity contribution >= 4 is 26.0 Å². The molecule has 1 heterocycles. The van der Waals surface area contributed by atoms with E-state index in [0.717, 1.165) is 5.56 Å². The molecule has 2 N–H and O–H groups in total. The Bertz CT molecular complexity index is 705. The molecule has 4 nitrogen and oxygen atoms in total. The summed E-state index contributed by atoms with van der Waals surface area (Å²) in [7, 11) is -3.61. The molecule has 0 amide bonds. The first-order valence-electron chi connectivity index (χ1n) is 6.32. The summed E-state index contributed by atoms with van der Waals surface area (Å²) >= 11 is 3.32. The van der Waals surface area contributed by atoms with Gasteiger partial charge in [0.05, 0.1) is 10.6 Å². The molecule has 6 heteroatoms. The normalized spacial score (nSPS) is 13.4. The molecule has 0 saturated carbocycles. The molecule has 1 atom stereocenters. The molecule has 2 aromatic rings. The van der Waals surface area contributed by atoms with E-state index < -0.39 is 10.0 Å². The van der Waals surface area contributed by atoms with Crippen LogP contribution in [-0.4, -0.2) is 12.4 Å². The average molecular weight is 357 g/mol. The number of halogens is 1. The number of hydrogen-bond donors (Lipinski definition) is 1. The van der Waals surface area contributed by atoms with E-state index >= 15 is 0 Å². The fourth-order valence-electron chi connectivity index (χ4n) is 1.94. The molecule has 0 aliphatic rings. The lowest BCUT2D eigenvalue weighted by molar-refractivity contribution is 0.578. The minimum absolute atomic E-state index is 0.260. The second kappa shape index (κ2) is 5.71. The molecule has 1 unspecified atom stereocenters. The zero-order valence-corrected chi connectivity index (χ0v) is 13.8. The van der Waals surface area contributed by atoms with Crippen molar-refractivity contribution in [2.75, 3.05) is 0 Å². The molecular weight excluding hydrogens is 340 g/mol. The lowest BCUT2D eigenvalue weighted by Gasteiger charge is -2.14. The molecule has 0 saturated heterocycles. The van der Waals surface area contributed by atoms with Crippen molar-refractivity contribution in [3.8, 4) is 0 Å². The Morgan fingerprint density at radius 3 is 2.45 bits per heavy atom. The Balaban J connectivity index is 2.57. The van der Waals surface area contributed by atoms with Crippen LogP contribution in [0, 0.1) is 6.92 Å². The number of nitrogens with zero attached hydrogens (tertiary/aromatic N) is 1. The molecule has 0 radical (unpaired) electrons. The van der Waals surface area contributed by atoms with Gasteiger partial charge >= 0.3 is 0 Å². The Kier molecular flexibility index (Phi) is 4.36. The number of rotatable bonds is 4. The SMILES string of the molecule is CCC(N)c1cc(Br)cn1S(=O)(=O)c1ccc(C)cc1. The summed E-state index contributed by atoms with van der Waals surface area (Å²) < 4.78 is 27.3. The zero-order chi connectivity index (χ0) is 14.9. The minimum atomic E-state index is -3.61. The quantitative estimate of drug-likeness (QED) is 0.914.